The number of amides is 2. The first kappa shape index (κ1) is 24.3. The van der Waals surface area contributed by atoms with Crippen molar-refractivity contribution in [3.63, 3.8) is 0 Å². The molecule has 37 heavy (non-hydrogen) atoms. The molecule has 1 saturated carbocycles. The molecule has 6 rings (SSSR count). The maximum atomic E-state index is 12.3. The van der Waals surface area contributed by atoms with E-state index >= 15 is 0 Å². The number of morpholine rings is 1. The van der Waals surface area contributed by atoms with Crippen molar-refractivity contribution in [1.82, 2.24) is 35.0 Å². The lowest BCUT2D eigenvalue weighted by atomic mass is 10.3. The molecule has 0 radical (unpaired) electrons. The molecule has 1 aliphatic carbocycles. The first-order chi connectivity index (χ1) is 18.2. The molecule has 0 unspecified atom stereocenters. The van der Waals surface area contributed by atoms with Gasteiger partial charge >= 0.3 is 6.03 Å². The van der Waals surface area contributed by atoms with Gasteiger partial charge in [-0.3, -0.25) is 10.2 Å². The Hall–Kier alpha value is -3.00. The van der Waals surface area contributed by atoms with Crippen LogP contribution in [0.15, 0.2) is 40.4 Å². The summed E-state index contributed by atoms with van der Waals surface area (Å²) in [6.07, 6.45) is 4.80. The summed E-state index contributed by atoms with van der Waals surface area (Å²) in [6.45, 7) is 4.67. The van der Waals surface area contributed by atoms with E-state index in [0.29, 0.717) is 28.4 Å². The van der Waals surface area contributed by atoms with Gasteiger partial charge in [0.1, 0.15) is 6.10 Å². The molecule has 0 atom stereocenters. The Kier molecular flexibility index (Phi) is 7.35. The maximum absolute atomic E-state index is 12.3. The van der Waals surface area contributed by atoms with E-state index in [4.69, 9.17) is 9.47 Å². The molecule has 3 aromatic heterocycles. The minimum atomic E-state index is -0.251. The fraction of sp³-hybridized carbons (Fsp3) is 0.458. The van der Waals surface area contributed by atoms with Gasteiger partial charge in [0.25, 0.3) is 0 Å². The molecule has 1 saturated heterocycles. The minimum absolute atomic E-state index is 0.237. The highest BCUT2D eigenvalue weighted by Gasteiger charge is 2.18. The number of nitrogens with zero attached hydrogens (tertiary/aromatic N) is 6. The van der Waals surface area contributed by atoms with Gasteiger partial charge in [-0.25, -0.2) is 9.78 Å². The number of fused-ring (bicyclic) bond motifs is 2. The van der Waals surface area contributed by atoms with Crippen molar-refractivity contribution >= 4 is 50.1 Å². The van der Waals surface area contributed by atoms with Crippen molar-refractivity contribution < 1.29 is 14.3 Å². The van der Waals surface area contributed by atoms with Crippen LogP contribution in [-0.4, -0.2) is 81.2 Å². The van der Waals surface area contributed by atoms with Gasteiger partial charge in [0.15, 0.2) is 10.8 Å². The van der Waals surface area contributed by atoms with Gasteiger partial charge in [-0.1, -0.05) is 11.3 Å². The molecule has 0 spiro atoms. The Morgan fingerprint density at radius 3 is 2.89 bits per heavy atom. The van der Waals surface area contributed by atoms with E-state index in [1.54, 1.807) is 4.52 Å². The molecule has 2 aliphatic rings. The molecule has 0 bridgehead atoms. The highest BCUT2D eigenvalue weighted by Crippen LogP contribution is 2.33. The fourth-order valence-electron chi connectivity index (χ4n) is 4.48. The number of benzene rings is 1. The van der Waals surface area contributed by atoms with E-state index in [1.165, 1.54) is 35.9 Å². The Morgan fingerprint density at radius 2 is 2.03 bits per heavy atom. The van der Waals surface area contributed by atoms with E-state index in [9.17, 15) is 4.79 Å². The SMILES string of the molecule is O=C(NCCN1CCOCC1)Nc1nc2ccc(Sc3nnc4ccc(OC5CCCC5)nn34)cc2s1. The largest absolute Gasteiger partial charge is 0.473 e. The van der Waals surface area contributed by atoms with Crippen LogP contribution in [0.2, 0.25) is 0 Å². The van der Waals surface area contributed by atoms with E-state index < -0.39 is 0 Å². The number of thiazole rings is 1. The molecule has 2 N–H and O–H groups in total. The number of ether oxygens (including phenoxy) is 2. The third-order valence-electron chi connectivity index (χ3n) is 6.41. The van der Waals surface area contributed by atoms with E-state index in [1.807, 2.05) is 30.3 Å². The zero-order valence-electron chi connectivity index (χ0n) is 20.3. The maximum Gasteiger partial charge on any atom is 0.321 e. The summed E-state index contributed by atoms with van der Waals surface area (Å²) >= 11 is 2.91. The number of anilines is 1. The molecule has 2 fully saturated rings. The molecular formula is C24H28N8O3S2. The molecule has 1 aliphatic heterocycles. The standard InChI is InChI=1S/C24H28N8O3S2/c33-22(25-9-10-31-11-13-34-14-12-31)27-23-26-18-6-5-17(15-19(18)37-23)36-24-29-28-20-7-8-21(30-32(20)24)35-16-3-1-2-4-16/h5-8,15-16H,1-4,9-14H2,(H2,25,26,27,33). The van der Waals surface area contributed by atoms with E-state index in [2.05, 4.69) is 35.8 Å². The van der Waals surface area contributed by atoms with Gasteiger partial charge in [0.05, 0.1) is 23.4 Å². The normalized spacial score (nSPS) is 17.0. The second kappa shape index (κ2) is 11.2. The molecule has 2 amide bonds. The number of carbonyl (C=O) groups excluding carboxylic acids is 1. The average molecular weight is 541 g/mol. The Bertz CT molecular complexity index is 1380. The summed E-state index contributed by atoms with van der Waals surface area (Å²) in [4.78, 5) is 20.1. The first-order valence-corrected chi connectivity index (χ1v) is 14.2. The molecule has 1 aromatic carbocycles. The summed E-state index contributed by atoms with van der Waals surface area (Å²) in [5.41, 5.74) is 1.50. The molecule has 194 valence electrons. The van der Waals surface area contributed by atoms with Crippen LogP contribution in [0.3, 0.4) is 0 Å². The average Bonchev–Trinajstić information content (AvgIpc) is 3.65. The lowest BCUT2D eigenvalue weighted by Crippen LogP contribution is -2.42. The highest BCUT2D eigenvalue weighted by atomic mass is 32.2. The number of nitrogens with one attached hydrogen (secondary N) is 2. The topological polar surface area (TPSA) is 119 Å². The van der Waals surface area contributed by atoms with Crippen molar-refractivity contribution in [2.45, 2.75) is 41.8 Å². The monoisotopic (exact) mass is 540 g/mol. The van der Waals surface area contributed by atoms with Crippen molar-refractivity contribution in [2.75, 3.05) is 44.7 Å². The summed E-state index contributed by atoms with van der Waals surface area (Å²) in [5.74, 6) is 0.595. The summed E-state index contributed by atoms with van der Waals surface area (Å²) < 4.78 is 14.1. The van der Waals surface area contributed by atoms with E-state index in [-0.39, 0.29) is 12.1 Å². The zero-order chi connectivity index (χ0) is 25.0. The van der Waals surface area contributed by atoms with E-state index in [0.717, 1.165) is 60.8 Å². The van der Waals surface area contributed by atoms with Gasteiger partial charge in [-0.15, -0.1) is 15.3 Å². The van der Waals surface area contributed by atoms with Gasteiger partial charge in [-0.2, -0.15) is 4.52 Å². The smallest absolute Gasteiger partial charge is 0.321 e. The third kappa shape index (κ3) is 5.95. The third-order valence-corrected chi connectivity index (χ3v) is 8.27. The molecule has 4 heterocycles. The lowest BCUT2D eigenvalue weighted by Gasteiger charge is -2.26. The Labute approximate surface area is 221 Å². The molecule has 13 heteroatoms. The van der Waals surface area contributed by atoms with Crippen molar-refractivity contribution in [3.05, 3.63) is 30.3 Å². The summed E-state index contributed by atoms with van der Waals surface area (Å²) in [6, 6.07) is 9.45. The number of rotatable bonds is 8. The Morgan fingerprint density at radius 1 is 1.16 bits per heavy atom. The number of urea groups is 1. The van der Waals surface area contributed by atoms with Crippen LogP contribution in [0.1, 0.15) is 25.7 Å². The molecule has 4 aromatic rings. The van der Waals surface area contributed by atoms with Gasteiger partial charge in [0.2, 0.25) is 11.0 Å². The van der Waals surface area contributed by atoms with Crippen molar-refractivity contribution in [3.8, 4) is 5.88 Å². The van der Waals surface area contributed by atoms with Crippen molar-refractivity contribution in [1.29, 1.82) is 0 Å². The number of aromatic nitrogens is 5. The van der Waals surface area contributed by atoms with Gasteiger partial charge in [-0.05, 0) is 61.7 Å². The second-order valence-corrected chi connectivity index (χ2v) is 11.1. The summed E-state index contributed by atoms with van der Waals surface area (Å²) in [5, 5.41) is 20.2. The van der Waals surface area contributed by atoms with Crippen LogP contribution in [0.25, 0.3) is 15.9 Å². The van der Waals surface area contributed by atoms with Crippen LogP contribution >= 0.6 is 23.1 Å². The Balaban J connectivity index is 1.09. The number of hydrogen-bond acceptors (Lipinski definition) is 10. The molecular weight excluding hydrogens is 512 g/mol. The predicted molar refractivity (Wildman–Crippen MR) is 142 cm³/mol. The van der Waals surface area contributed by atoms with Crippen LogP contribution in [-0.2, 0) is 4.74 Å². The highest BCUT2D eigenvalue weighted by molar-refractivity contribution is 7.99. The minimum Gasteiger partial charge on any atom is -0.473 e. The van der Waals surface area contributed by atoms with Crippen LogP contribution in [0.4, 0.5) is 9.93 Å². The molecule has 11 nitrogen and oxygen atoms in total. The van der Waals surface area contributed by atoms with Gasteiger partial charge < -0.3 is 14.8 Å². The number of hydrogen-bond donors (Lipinski definition) is 2. The van der Waals surface area contributed by atoms with Crippen LogP contribution in [0.5, 0.6) is 5.88 Å². The van der Waals surface area contributed by atoms with Crippen molar-refractivity contribution in [2.24, 2.45) is 0 Å². The fourth-order valence-corrected chi connectivity index (χ4v) is 6.28. The second-order valence-electron chi connectivity index (χ2n) is 9.03. The first-order valence-electron chi connectivity index (χ1n) is 12.5. The lowest BCUT2D eigenvalue weighted by molar-refractivity contribution is 0.0388. The zero-order valence-corrected chi connectivity index (χ0v) is 21.9. The van der Waals surface area contributed by atoms with Crippen LogP contribution < -0.4 is 15.4 Å². The van der Waals surface area contributed by atoms with Crippen LogP contribution in [0, 0.1) is 0 Å². The number of carbonyl (C=O) groups is 1. The van der Waals surface area contributed by atoms with Gasteiger partial charge in [0, 0.05) is 37.1 Å². The quantitative estimate of drug-likeness (QED) is 0.345. The summed E-state index contributed by atoms with van der Waals surface area (Å²) in [7, 11) is 0. The predicted octanol–water partition coefficient (Wildman–Crippen LogP) is 3.66.